The van der Waals surface area contributed by atoms with Crippen LogP contribution in [-0.2, 0) is 4.79 Å². The summed E-state index contributed by atoms with van der Waals surface area (Å²) in [6.45, 7) is 4.30. The van der Waals surface area contributed by atoms with E-state index >= 15 is 0 Å². The van der Waals surface area contributed by atoms with Crippen LogP contribution in [0.2, 0.25) is 0 Å². The summed E-state index contributed by atoms with van der Waals surface area (Å²) in [6, 6.07) is -0.618. The van der Waals surface area contributed by atoms with E-state index in [4.69, 9.17) is 0 Å². The zero-order valence-electron chi connectivity index (χ0n) is 40.0. The van der Waals surface area contributed by atoms with Crippen molar-refractivity contribution < 1.29 is 15.0 Å². The minimum atomic E-state index is -0.835. The summed E-state index contributed by atoms with van der Waals surface area (Å²) in [5, 5.41) is 23.0. The first-order valence-corrected chi connectivity index (χ1v) is 26.7. The maximum Gasteiger partial charge on any atom is 0.220 e. The molecule has 0 aliphatic heterocycles. The van der Waals surface area contributed by atoms with Crippen LogP contribution >= 0.6 is 0 Å². The lowest BCUT2D eigenvalue weighted by atomic mass is 10.0. The standard InChI is InChI=1S/C55H105NO3/c1-3-5-7-9-11-13-15-17-18-19-20-21-22-23-24-25-26-27-28-29-30-31-32-33-34-35-36-37-38-39-41-43-45-47-49-51-55(59)56-53(52-57)54(58)50-48-46-44-42-40-16-14-12-10-8-6-4-2/h15,17,19-20,48,50,53-54,57-58H,3-14,16,18,21-47,49,51-52H2,1-2H3,(H,56,59)/b17-15-,20-19-,50-48+. The third-order valence-corrected chi connectivity index (χ3v) is 12.4. The Kier molecular flexibility index (Phi) is 49.8. The molecule has 0 bridgehead atoms. The minimum Gasteiger partial charge on any atom is -0.394 e. The molecule has 0 saturated heterocycles. The van der Waals surface area contributed by atoms with Crippen LogP contribution in [0, 0.1) is 0 Å². The van der Waals surface area contributed by atoms with Gasteiger partial charge in [-0.05, 0) is 51.4 Å². The number of amides is 1. The Labute approximate surface area is 370 Å². The zero-order chi connectivity index (χ0) is 42.8. The Bertz CT molecular complexity index is 897. The Morgan fingerprint density at radius 2 is 0.695 bits per heavy atom. The highest BCUT2D eigenvalue weighted by molar-refractivity contribution is 5.76. The van der Waals surface area contributed by atoms with Crippen LogP contribution in [0.15, 0.2) is 36.5 Å². The molecule has 0 spiro atoms. The van der Waals surface area contributed by atoms with Crippen LogP contribution in [0.4, 0.5) is 0 Å². The van der Waals surface area contributed by atoms with Gasteiger partial charge in [0.2, 0.25) is 5.91 Å². The number of hydrogen-bond donors (Lipinski definition) is 3. The van der Waals surface area contributed by atoms with Crippen molar-refractivity contribution in [3.8, 4) is 0 Å². The van der Waals surface area contributed by atoms with E-state index < -0.39 is 12.1 Å². The highest BCUT2D eigenvalue weighted by Gasteiger charge is 2.18. The molecule has 0 heterocycles. The molecule has 2 atom stereocenters. The van der Waals surface area contributed by atoms with Crippen LogP contribution in [0.3, 0.4) is 0 Å². The summed E-state index contributed by atoms with van der Waals surface area (Å²) >= 11 is 0. The van der Waals surface area contributed by atoms with Crippen LogP contribution in [0.25, 0.3) is 0 Å². The van der Waals surface area contributed by atoms with Crippen molar-refractivity contribution in [2.75, 3.05) is 6.61 Å². The largest absolute Gasteiger partial charge is 0.394 e. The van der Waals surface area contributed by atoms with Crippen LogP contribution in [-0.4, -0.2) is 34.9 Å². The number of carbonyl (C=O) groups is 1. The van der Waals surface area contributed by atoms with Gasteiger partial charge in [-0.25, -0.2) is 0 Å². The van der Waals surface area contributed by atoms with Gasteiger partial charge in [0.05, 0.1) is 18.8 Å². The molecule has 4 heteroatoms. The van der Waals surface area contributed by atoms with Gasteiger partial charge in [-0.3, -0.25) is 4.79 Å². The zero-order valence-corrected chi connectivity index (χ0v) is 40.0. The summed E-state index contributed by atoms with van der Waals surface area (Å²) in [4.78, 5) is 12.4. The van der Waals surface area contributed by atoms with Crippen LogP contribution < -0.4 is 5.32 Å². The summed E-state index contributed by atoms with van der Waals surface area (Å²) < 4.78 is 0. The van der Waals surface area contributed by atoms with E-state index in [9.17, 15) is 15.0 Å². The molecule has 3 N–H and O–H groups in total. The molecule has 0 saturated carbocycles. The molecule has 0 radical (unpaired) electrons. The van der Waals surface area contributed by atoms with Crippen molar-refractivity contribution in [3.63, 3.8) is 0 Å². The molecule has 0 aromatic carbocycles. The van der Waals surface area contributed by atoms with Gasteiger partial charge in [0.15, 0.2) is 0 Å². The number of rotatable bonds is 49. The van der Waals surface area contributed by atoms with Crippen LogP contribution in [0.1, 0.15) is 290 Å². The van der Waals surface area contributed by atoms with Gasteiger partial charge in [-0.2, -0.15) is 0 Å². The van der Waals surface area contributed by atoms with Crippen molar-refractivity contribution in [2.24, 2.45) is 0 Å². The lowest BCUT2D eigenvalue weighted by Crippen LogP contribution is -2.45. The first kappa shape index (κ1) is 57.6. The molecular formula is C55H105NO3. The number of aliphatic hydroxyl groups is 2. The highest BCUT2D eigenvalue weighted by atomic mass is 16.3. The van der Waals surface area contributed by atoms with E-state index in [-0.39, 0.29) is 12.5 Å². The maximum atomic E-state index is 12.4. The van der Waals surface area contributed by atoms with E-state index in [1.165, 1.54) is 238 Å². The monoisotopic (exact) mass is 828 g/mol. The van der Waals surface area contributed by atoms with Gasteiger partial charge < -0.3 is 15.5 Å². The van der Waals surface area contributed by atoms with Gasteiger partial charge in [-0.15, -0.1) is 0 Å². The van der Waals surface area contributed by atoms with E-state index in [1.807, 2.05) is 6.08 Å². The highest BCUT2D eigenvalue weighted by Crippen LogP contribution is 2.17. The minimum absolute atomic E-state index is 0.0605. The van der Waals surface area contributed by atoms with Gasteiger partial charge in [0.1, 0.15) is 0 Å². The fraction of sp³-hybridized carbons (Fsp3) is 0.873. The predicted octanol–water partition coefficient (Wildman–Crippen LogP) is 17.3. The predicted molar refractivity (Wildman–Crippen MR) is 262 cm³/mol. The molecule has 2 unspecified atom stereocenters. The molecule has 0 aliphatic carbocycles. The van der Waals surface area contributed by atoms with E-state index in [0.29, 0.717) is 6.42 Å². The lowest BCUT2D eigenvalue weighted by molar-refractivity contribution is -0.123. The normalized spacial score (nSPS) is 13.1. The van der Waals surface area contributed by atoms with Crippen molar-refractivity contribution in [2.45, 2.75) is 302 Å². The fourth-order valence-electron chi connectivity index (χ4n) is 8.27. The third-order valence-electron chi connectivity index (χ3n) is 12.4. The number of aliphatic hydroxyl groups excluding tert-OH is 2. The average Bonchev–Trinajstić information content (AvgIpc) is 3.24. The van der Waals surface area contributed by atoms with E-state index in [1.54, 1.807) is 6.08 Å². The quantitative estimate of drug-likeness (QED) is 0.0423. The number of carbonyl (C=O) groups excluding carboxylic acids is 1. The number of allylic oxidation sites excluding steroid dienone is 5. The Morgan fingerprint density at radius 3 is 1.02 bits per heavy atom. The van der Waals surface area contributed by atoms with Crippen molar-refractivity contribution >= 4 is 5.91 Å². The summed E-state index contributed by atoms with van der Waals surface area (Å²) in [6.07, 6.45) is 68.8. The summed E-state index contributed by atoms with van der Waals surface area (Å²) in [7, 11) is 0. The summed E-state index contributed by atoms with van der Waals surface area (Å²) in [5.74, 6) is -0.0605. The number of hydrogen-bond acceptors (Lipinski definition) is 3. The molecule has 0 rings (SSSR count). The second-order valence-corrected chi connectivity index (χ2v) is 18.3. The average molecular weight is 828 g/mol. The molecule has 0 fully saturated rings. The summed E-state index contributed by atoms with van der Waals surface area (Å²) in [5.41, 5.74) is 0. The van der Waals surface area contributed by atoms with Crippen molar-refractivity contribution in [1.29, 1.82) is 0 Å². The fourth-order valence-corrected chi connectivity index (χ4v) is 8.27. The number of unbranched alkanes of at least 4 members (excludes halogenated alkanes) is 38. The maximum absolute atomic E-state index is 12.4. The first-order chi connectivity index (χ1) is 29.2. The Hall–Kier alpha value is -1.39. The third kappa shape index (κ3) is 47.5. The topological polar surface area (TPSA) is 69.6 Å². The molecule has 0 aliphatic rings. The van der Waals surface area contributed by atoms with Gasteiger partial charge >= 0.3 is 0 Å². The second-order valence-electron chi connectivity index (χ2n) is 18.3. The molecular weight excluding hydrogens is 723 g/mol. The SMILES string of the molecule is CCCCCCC/C=C\C/C=C\CCCCCCCCCCCCCCCCCCCCCCCCCC(=O)NC(CO)C(O)/C=C/CCCCCCCCCCCC. The van der Waals surface area contributed by atoms with Crippen LogP contribution in [0.5, 0.6) is 0 Å². The smallest absolute Gasteiger partial charge is 0.220 e. The second kappa shape index (κ2) is 51.0. The Balaban J connectivity index is 3.39. The number of nitrogens with one attached hydrogen (secondary N) is 1. The molecule has 348 valence electrons. The van der Waals surface area contributed by atoms with Gasteiger partial charge in [-0.1, -0.05) is 269 Å². The van der Waals surface area contributed by atoms with Crippen molar-refractivity contribution in [3.05, 3.63) is 36.5 Å². The van der Waals surface area contributed by atoms with Gasteiger partial charge in [0, 0.05) is 6.42 Å². The van der Waals surface area contributed by atoms with E-state index in [0.717, 1.165) is 32.1 Å². The Morgan fingerprint density at radius 1 is 0.407 bits per heavy atom. The van der Waals surface area contributed by atoms with Gasteiger partial charge in [0.25, 0.3) is 0 Å². The lowest BCUT2D eigenvalue weighted by Gasteiger charge is -2.20. The van der Waals surface area contributed by atoms with Crippen molar-refractivity contribution in [1.82, 2.24) is 5.32 Å². The van der Waals surface area contributed by atoms with E-state index in [2.05, 4.69) is 43.5 Å². The molecule has 59 heavy (non-hydrogen) atoms. The molecule has 0 aromatic heterocycles. The molecule has 1 amide bonds. The molecule has 0 aromatic rings. The molecule has 4 nitrogen and oxygen atoms in total. The first-order valence-electron chi connectivity index (χ1n) is 26.7.